The van der Waals surface area contributed by atoms with Crippen LogP contribution in [-0.4, -0.2) is 29.3 Å². The van der Waals surface area contributed by atoms with E-state index in [-0.39, 0.29) is 0 Å². The molecule has 2 unspecified atom stereocenters. The van der Waals surface area contributed by atoms with Crippen LogP contribution in [-0.2, 0) is 0 Å². The molecule has 0 spiro atoms. The minimum absolute atomic E-state index is 0.503. The van der Waals surface area contributed by atoms with E-state index in [1.54, 1.807) is 0 Å². The molecule has 0 aromatic heterocycles. The van der Waals surface area contributed by atoms with Crippen molar-refractivity contribution >= 4 is 34.6 Å². The SMILES string of the molecule is S=C(Nc1ccccc1Cl)NC1C[C@H]2CCC[C@@H](C1)[NH+]2C1CCCC1. The van der Waals surface area contributed by atoms with Crippen molar-refractivity contribution in [3.05, 3.63) is 29.3 Å². The van der Waals surface area contributed by atoms with Crippen LogP contribution in [0.25, 0.3) is 0 Å². The highest BCUT2D eigenvalue weighted by Crippen LogP contribution is 2.26. The third-order valence-electron chi connectivity index (χ3n) is 6.47. The molecule has 2 heterocycles. The zero-order valence-corrected chi connectivity index (χ0v) is 16.3. The highest BCUT2D eigenvalue weighted by Gasteiger charge is 2.45. The number of anilines is 1. The molecule has 3 fully saturated rings. The summed E-state index contributed by atoms with van der Waals surface area (Å²) in [6.45, 7) is 0. The van der Waals surface area contributed by atoms with Crippen LogP contribution in [0.4, 0.5) is 5.69 Å². The summed E-state index contributed by atoms with van der Waals surface area (Å²) in [6.07, 6.45) is 12.5. The fourth-order valence-electron chi connectivity index (χ4n) is 5.52. The topological polar surface area (TPSA) is 28.5 Å². The number of hydrogen-bond donors (Lipinski definition) is 3. The summed E-state index contributed by atoms with van der Waals surface area (Å²) >= 11 is 11.8. The number of fused-ring (bicyclic) bond motifs is 2. The zero-order chi connectivity index (χ0) is 17.2. The van der Waals surface area contributed by atoms with Crippen LogP contribution >= 0.6 is 23.8 Å². The van der Waals surface area contributed by atoms with Gasteiger partial charge in [0.25, 0.3) is 0 Å². The molecule has 0 radical (unpaired) electrons. The van der Waals surface area contributed by atoms with E-state index in [2.05, 4.69) is 10.6 Å². The van der Waals surface area contributed by atoms with Gasteiger partial charge in [-0.25, -0.2) is 0 Å². The highest BCUT2D eigenvalue weighted by atomic mass is 35.5. The van der Waals surface area contributed by atoms with Crippen LogP contribution in [0.5, 0.6) is 0 Å². The number of piperidine rings is 2. The molecular weight excluding hydrogens is 350 g/mol. The lowest BCUT2D eigenvalue weighted by molar-refractivity contribution is -0.982. The predicted molar refractivity (Wildman–Crippen MR) is 108 cm³/mol. The van der Waals surface area contributed by atoms with E-state index < -0.39 is 0 Å². The van der Waals surface area contributed by atoms with Gasteiger partial charge in [-0.15, -0.1) is 0 Å². The van der Waals surface area contributed by atoms with Gasteiger partial charge in [0.1, 0.15) is 0 Å². The molecule has 2 saturated heterocycles. The molecular formula is C20H29ClN3S+. The average Bonchev–Trinajstić information content (AvgIpc) is 3.10. The highest BCUT2D eigenvalue weighted by molar-refractivity contribution is 7.80. The molecule has 3 N–H and O–H groups in total. The predicted octanol–water partition coefficient (Wildman–Crippen LogP) is 3.54. The van der Waals surface area contributed by atoms with Gasteiger partial charge in [-0.3, -0.25) is 0 Å². The Labute approximate surface area is 161 Å². The Morgan fingerprint density at radius 1 is 0.960 bits per heavy atom. The van der Waals surface area contributed by atoms with E-state index in [0.717, 1.165) is 23.8 Å². The monoisotopic (exact) mass is 378 g/mol. The summed E-state index contributed by atoms with van der Waals surface area (Å²) in [5.74, 6) is 0. The molecule has 1 saturated carbocycles. The summed E-state index contributed by atoms with van der Waals surface area (Å²) in [4.78, 5) is 1.95. The second-order valence-electron chi connectivity index (χ2n) is 8.05. The van der Waals surface area contributed by atoms with Gasteiger partial charge in [0.2, 0.25) is 0 Å². The molecule has 4 atom stereocenters. The van der Waals surface area contributed by atoms with E-state index >= 15 is 0 Å². The van der Waals surface area contributed by atoms with Crippen LogP contribution < -0.4 is 15.5 Å². The number of thiocarbonyl (C=S) groups is 1. The molecule has 1 aromatic carbocycles. The first-order chi connectivity index (χ1) is 12.2. The van der Waals surface area contributed by atoms with Crippen molar-refractivity contribution in [2.75, 3.05) is 5.32 Å². The molecule has 25 heavy (non-hydrogen) atoms. The first kappa shape index (κ1) is 17.6. The van der Waals surface area contributed by atoms with Gasteiger partial charge in [0, 0.05) is 18.9 Å². The third kappa shape index (κ3) is 3.96. The Bertz CT molecular complexity index is 603. The molecule has 0 amide bonds. The van der Waals surface area contributed by atoms with Gasteiger partial charge >= 0.3 is 0 Å². The number of nitrogens with one attached hydrogen (secondary N) is 3. The van der Waals surface area contributed by atoms with Gasteiger partial charge in [0.15, 0.2) is 5.11 Å². The maximum Gasteiger partial charge on any atom is 0.171 e. The molecule has 2 aliphatic heterocycles. The number of hydrogen-bond acceptors (Lipinski definition) is 1. The number of benzene rings is 1. The lowest BCUT2D eigenvalue weighted by Gasteiger charge is -2.48. The normalized spacial score (nSPS) is 32.4. The van der Waals surface area contributed by atoms with E-state index in [0.29, 0.717) is 16.2 Å². The van der Waals surface area contributed by atoms with Gasteiger partial charge in [-0.1, -0.05) is 23.7 Å². The minimum atomic E-state index is 0.503. The van der Waals surface area contributed by atoms with Crippen LogP contribution in [0, 0.1) is 0 Å². The van der Waals surface area contributed by atoms with Crippen LogP contribution in [0.15, 0.2) is 24.3 Å². The Hall–Kier alpha value is -0.840. The molecule has 4 rings (SSSR count). The van der Waals surface area contributed by atoms with Crippen molar-refractivity contribution < 1.29 is 4.90 Å². The molecule has 2 bridgehead atoms. The third-order valence-corrected chi connectivity index (χ3v) is 7.02. The first-order valence-electron chi connectivity index (χ1n) is 9.89. The molecule has 1 aromatic rings. The molecule has 1 aliphatic carbocycles. The van der Waals surface area contributed by atoms with Crippen molar-refractivity contribution in [2.24, 2.45) is 0 Å². The van der Waals surface area contributed by atoms with Crippen molar-refractivity contribution in [2.45, 2.75) is 82.0 Å². The van der Waals surface area contributed by atoms with E-state index in [9.17, 15) is 0 Å². The molecule has 3 aliphatic rings. The van der Waals surface area contributed by atoms with E-state index in [1.807, 2.05) is 29.2 Å². The van der Waals surface area contributed by atoms with Crippen LogP contribution in [0.2, 0.25) is 5.02 Å². The van der Waals surface area contributed by atoms with Crippen LogP contribution in [0.1, 0.15) is 57.8 Å². The van der Waals surface area contributed by atoms with Crippen molar-refractivity contribution in [1.82, 2.24) is 5.32 Å². The summed E-state index contributed by atoms with van der Waals surface area (Å²) in [7, 11) is 0. The Balaban J connectivity index is 1.36. The molecule has 5 heteroatoms. The fraction of sp³-hybridized carbons (Fsp3) is 0.650. The summed E-state index contributed by atoms with van der Waals surface area (Å²) < 4.78 is 0. The second-order valence-corrected chi connectivity index (χ2v) is 8.87. The van der Waals surface area contributed by atoms with Crippen LogP contribution in [0.3, 0.4) is 0 Å². The van der Waals surface area contributed by atoms with E-state index in [1.165, 1.54) is 57.8 Å². The average molecular weight is 379 g/mol. The second kappa shape index (κ2) is 7.81. The Kier molecular flexibility index (Phi) is 5.49. The van der Waals surface area contributed by atoms with Crippen molar-refractivity contribution in [3.63, 3.8) is 0 Å². The standard InChI is InChI=1S/C20H28ClN3S/c21-18-10-3-4-11-19(18)23-20(25)22-14-12-16-8-5-9-17(13-14)24(16)15-6-1-2-7-15/h3-4,10-11,14-17H,1-2,5-9,12-13H2,(H2,22,23,25)/p+1/t14?,16-,17+. The smallest absolute Gasteiger partial charge is 0.171 e. The lowest BCUT2D eigenvalue weighted by Crippen LogP contribution is -3.24. The largest absolute Gasteiger partial charge is 0.359 e. The summed E-state index contributed by atoms with van der Waals surface area (Å²) in [5.41, 5.74) is 0.885. The zero-order valence-electron chi connectivity index (χ0n) is 14.8. The lowest BCUT2D eigenvalue weighted by atomic mass is 9.80. The van der Waals surface area contributed by atoms with Gasteiger partial charge in [0.05, 0.1) is 28.8 Å². The number of rotatable bonds is 3. The van der Waals surface area contributed by atoms with Gasteiger partial charge < -0.3 is 15.5 Å². The molecule has 3 nitrogen and oxygen atoms in total. The number of halogens is 1. The Morgan fingerprint density at radius 3 is 2.28 bits per heavy atom. The first-order valence-corrected chi connectivity index (χ1v) is 10.7. The quantitative estimate of drug-likeness (QED) is 0.702. The van der Waals surface area contributed by atoms with Crippen molar-refractivity contribution in [1.29, 1.82) is 0 Å². The summed E-state index contributed by atoms with van der Waals surface area (Å²) in [6, 6.07) is 10.9. The maximum atomic E-state index is 6.23. The number of para-hydroxylation sites is 1. The fourth-order valence-corrected chi connectivity index (χ4v) is 5.98. The number of quaternary nitrogens is 1. The Morgan fingerprint density at radius 2 is 1.60 bits per heavy atom. The van der Waals surface area contributed by atoms with E-state index in [4.69, 9.17) is 23.8 Å². The van der Waals surface area contributed by atoms with Gasteiger partial charge in [-0.2, -0.15) is 0 Å². The maximum absolute atomic E-state index is 6.23. The summed E-state index contributed by atoms with van der Waals surface area (Å²) in [5, 5.41) is 8.27. The minimum Gasteiger partial charge on any atom is -0.359 e. The van der Waals surface area contributed by atoms with Gasteiger partial charge in [-0.05, 0) is 69.3 Å². The molecule has 136 valence electrons. The van der Waals surface area contributed by atoms with Crippen molar-refractivity contribution in [3.8, 4) is 0 Å².